The van der Waals surface area contributed by atoms with Crippen LogP contribution in [0.25, 0.3) is 0 Å². The molecule has 0 radical (unpaired) electrons. The average molecular weight is 267 g/mol. The van der Waals surface area contributed by atoms with Crippen LogP contribution in [-0.2, 0) is 4.74 Å². The second kappa shape index (κ2) is 8.00. The van der Waals surface area contributed by atoms with Crippen molar-refractivity contribution >= 4 is 22.9 Å². The number of pyridine rings is 1. The van der Waals surface area contributed by atoms with Crippen LogP contribution in [0.2, 0.25) is 0 Å². The molecular formula is C13H21N3OS. The van der Waals surface area contributed by atoms with E-state index in [-0.39, 0.29) is 0 Å². The summed E-state index contributed by atoms with van der Waals surface area (Å²) < 4.78 is 5.52. The third-order valence-electron chi connectivity index (χ3n) is 2.49. The number of thiocarbonyl (C=S) groups is 1. The Labute approximate surface area is 114 Å². The van der Waals surface area contributed by atoms with Gasteiger partial charge >= 0.3 is 0 Å². The van der Waals surface area contributed by atoms with E-state index in [2.05, 4.69) is 24.1 Å². The van der Waals surface area contributed by atoms with Crippen LogP contribution in [-0.4, -0.2) is 29.7 Å². The maximum Gasteiger partial charge on any atom is 0.106 e. The largest absolute Gasteiger partial charge is 0.389 e. The first-order chi connectivity index (χ1) is 8.61. The molecular weight excluding hydrogens is 246 g/mol. The molecule has 5 heteroatoms. The van der Waals surface area contributed by atoms with Crippen LogP contribution < -0.4 is 11.1 Å². The van der Waals surface area contributed by atoms with E-state index in [1.54, 1.807) is 12.4 Å². The molecule has 0 saturated carbocycles. The van der Waals surface area contributed by atoms with Gasteiger partial charge in [0.25, 0.3) is 0 Å². The number of hydrogen-bond acceptors (Lipinski definition) is 4. The molecule has 1 aromatic rings. The van der Waals surface area contributed by atoms with Crippen molar-refractivity contribution in [2.45, 2.75) is 20.3 Å². The molecule has 18 heavy (non-hydrogen) atoms. The Morgan fingerprint density at radius 3 is 2.94 bits per heavy atom. The number of anilines is 1. The summed E-state index contributed by atoms with van der Waals surface area (Å²) in [6, 6.07) is 1.81. The van der Waals surface area contributed by atoms with Crippen LogP contribution in [0, 0.1) is 5.92 Å². The summed E-state index contributed by atoms with van der Waals surface area (Å²) in [6.07, 6.45) is 4.49. The monoisotopic (exact) mass is 267 g/mol. The fourth-order valence-corrected chi connectivity index (χ4v) is 1.61. The fourth-order valence-electron chi connectivity index (χ4n) is 1.43. The molecule has 1 heterocycles. The van der Waals surface area contributed by atoms with Crippen LogP contribution >= 0.6 is 12.2 Å². The van der Waals surface area contributed by atoms with Crippen molar-refractivity contribution in [2.75, 3.05) is 25.1 Å². The Bertz CT molecular complexity index is 382. The lowest BCUT2D eigenvalue weighted by Gasteiger charge is -2.11. The summed E-state index contributed by atoms with van der Waals surface area (Å²) in [4.78, 5) is 4.42. The Balaban J connectivity index is 2.29. The standard InChI is InChI=1S/C13H21N3OS/c1-10(2)4-7-17-8-6-16-12-9-15-5-3-11(12)13(14)18/h3,5,9-10,16H,4,6-8H2,1-2H3,(H2,14,18). The summed E-state index contributed by atoms with van der Waals surface area (Å²) in [5, 5.41) is 3.23. The molecule has 0 unspecified atom stereocenters. The minimum atomic E-state index is 0.376. The van der Waals surface area contributed by atoms with Gasteiger partial charge in [0.05, 0.1) is 18.5 Å². The number of hydrogen-bond donors (Lipinski definition) is 2. The van der Waals surface area contributed by atoms with Gasteiger partial charge in [-0.3, -0.25) is 4.98 Å². The van der Waals surface area contributed by atoms with Crippen molar-refractivity contribution < 1.29 is 4.74 Å². The zero-order valence-corrected chi connectivity index (χ0v) is 11.8. The highest BCUT2D eigenvalue weighted by Crippen LogP contribution is 2.12. The molecule has 0 atom stereocenters. The lowest BCUT2D eigenvalue weighted by molar-refractivity contribution is 0.132. The van der Waals surface area contributed by atoms with E-state index in [0.717, 1.165) is 30.8 Å². The van der Waals surface area contributed by atoms with Gasteiger partial charge in [0.2, 0.25) is 0 Å². The van der Waals surface area contributed by atoms with Crippen molar-refractivity contribution in [1.82, 2.24) is 4.98 Å². The molecule has 100 valence electrons. The first-order valence-corrected chi connectivity index (χ1v) is 6.57. The van der Waals surface area contributed by atoms with E-state index in [1.807, 2.05) is 6.07 Å². The molecule has 0 saturated heterocycles. The van der Waals surface area contributed by atoms with Gasteiger partial charge < -0.3 is 15.8 Å². The van der Waals surface area contributed by atoms with Gasteiger partial charge in [-0.05, 0) is 18.4 Å². The third-order valence-corrected chi connectivity index (χ3v) is 2.71. The van der Waals surface area contributed by atoms with Crippen LogP contribution in [0.1, 0.15) is 25.8 Å². The SMILES string of the molecule is CC(C)CCOCCNc1cnccc1C(N)=S. The molecule has 0 aromatic carbocycles. The van der Waals surface area contributed by atoms with Crippen molar-refractivity contribution in [3.8, 4) is 0 Å². The molecule has 0 amide bonds. The Morgan fingerprint density at radius 2 is 2.28 bits per heavy atom. The van der Waals surface area contributed by atoms with Crippen molar-refractivity contribution in [1.29, 1.82) is 0 Å². The minimum absolute atomic E-state index is 0.376. The van der Waals surface area contributed by atoms with Gasteiger partial charge in [0, 0.05) is 24.9 Å². The molecule has 0 spiro atoms. The normalized spacial score (nSPS) is 10.6. The molecule has 0 bridgehead atoms. The molecule has 0 fully saturated rings. The number of ether oxygens (including phenoxy) is 1. The van der Waals surface area contributed by atoms with E-state index in [1.165, 1.54) is 0 Å². The number of nitrogens with zero attached hydrogens (tertiary/aromatic N) is 1. The summed E-state index contributed by atoms with van der Waals surface area (Å²) in [7, 11) is 0. The van der Waals surface area contributed by atoms with Crippen molar-refractivity contribution in [2.24, 2.45) is 11.7 Å². The Hall–Kier alpha value is -1.20. The zero-order chi connectivity index (χ0) is 13.4. The molecule has 0 aliphatic carbocycles. The second-order valence-electron chi connectivity index (χ2n) is 4.51. The number of nitrogens with one attached hydrogen (secondary N) is 1. The first kappa shape index (κ1) is 14.9. The molecule has 4 nitrogen and oxygen atoms in total. The fraction of sp³-hybridized carbons (Fsp3) is 0.538. The Morgan fingerprint density at radius 1 is 1.50 bits per heavy atom. The Kier molecular flexibility index (Phi) is 6.60. The highest BCUT2D eigenvalue weighted by Gasteiger charge is 2.03. The predicted octanol–water partition coefficient (Wildman–Crippen LogP) is 2.19. The van der Waals surface area contributed by atoms with Gasteiger partial charge in [-0.1, -0.05) is 26.1 Å². The van der Waals surface area contributed by atoms with E-state index in [9.17, 15) is 0 Å². The highest BCUT2D eigenvalue weighted by molar-refractivity contribution is 7.80. The lowest BCUT2D eigenvalue weighted by Crippen LogP contribution is -2.16. The van der Waals surface area contributed by atoms with Gasteiger partial charge in [0.15, 0.2) is 0 Å². The second-order valence-corrected chi connectivity index (χ2v) is 4.95. The van der Waals surface area contributed by atoms with Crippen molar-refractivity contribution in [3.05, 3.63) is 24.0 Å². The van der Waals surface area contributed by atoms with Crippen LogP contribution in [0.4, 0.5) is 5.69 Å². The van der Waals surface area contributed by atoms with E-state index in [0.29, 0.717) is 17.5 Å². The smallest absolute Gasteiger partial charge is 0.106 e. The van der Waals surface area contributed by atoms with Gasteiger partial charge in [-0.2, -0.15) is 0 Å². The van der Waals surface area contributed by atoms with E-state index < -0.39 is 0 Å². The summed E-state index contributed by atoms with van der Waals surface area (Å²) in [5.74, 6) is 0.678. The summed E-state index contributed by atoms with van der Waals surface area (Å²) >= 11 is 4.98. The zero-order valence-electron chi connectivity index (χ0n) is 11.0. The van der Waals surface area contributed by atoms with Gasteiger partial charge in [-0.15, -0.1) is 0 Å². The minimum Gasteiger partial charge on any atom is -0.389 e. The predicted molar refractivity (Wildman–Crippen MR) is 78.9 cm³/mol. The number of rotatable bonds is 8. The maximum atomic E-state index is 5.63. The summed E-state index contributed by atoms with van der Waals surface area (Å²) in [5.41, 5.74) is 7.31. The molecule has 0 aliphatic rings. The molecule has 3 N–H and O–H groups in total. The van der Waals surface area contributed by atoms with Crippen LogP contribution in [0.5, 0.6) is 0 Å². The quantitative estimate of drug-likeness (QED) is 0.558. The maximum absolute atomic E-state index is 5.63. The number of nitrogens with two attached hydrogens (primary N) is 1. The molecule has 1 rings (SSSR count). The highest BCUT2D eigenvalue weighted by atomic mass is 32.1. The topological polar surface area (TPSA) is 60.2 Å². The lowest BCUT2D eigenvalue weighted by atomic mass is 10.1. The van der Waals surface area contributed by atoms with Crippen molar-refractivity contribution in [3.63, 3.8) is 0 Å². The van der Waals surface area contributed by atoms with Gasteiger partial charge in [-0.25, -0.2) is 0 Å². The van der Waals surface area contributed by atoms with E-state index in [4.69, 9.17) is 22.7 Å². The first-order valence-electron chi connectivity index (χ1n) is 6.16. The van der Waals surface area contributed by atoms with Crippen LogP contribution in [0.15, 0.2) is 18.5 Å². The molecule has 1 aromatic heterocycles. The molecule has 0 aliphatic heterocycles. The summed E-state index contributed by atoms with van der Waals surface area (Å²) in [6.45, 7) is 6.56. The third kappa shape index (κ3) is 5.42. The van der Waals surface area contributed by atoms with E-state index >= 15 is 0 Å². The number of aromatic nitrogens is 1. The van der Waals surface area contributed by atoms with Gasteiger partial charge in [0.1, 0.15) is 4.99 Å². The van der Waals surface area contributed by atoms with Crippen LogP contribution in [0.3, 0.4) is 0 Å². The average Bonchev–Trinajstić information content (AvgIpc) is 2.33.